The highest BCUT2D eigenvalue weighted by atomic mass is 35.5. The fourth-order valence-electron chi connectivity index (χ4n) is 12.3. The molecule has 0 aliphatic rings. The minimum atomic E-state index is -0.721. The van der Waals surface area contributed by atoms with Gasteiger partial charge in [0.2, 0.25) is 0 Å². The second-order valence-electron chi connectivity index (χ2n) is 37.0. The van der Waals surface area contributed by atoms with Gasteiger partial charge in [-0.2, -0.15) is 0 Å². The molecule has 14 nitrogen and oxygen atoms in total. The molecular formula is C110H128Cl6F3NO13. The highest BCUT2D eigenvalue weighted by Crippen LogP contribution is 2.38. The predicted molar refractivity (Wildman–Crippen MR) is 539 cm³/mol. The van der Waals surface area contributed by atoms with E-state index in [4.69, 9.17) is 131 Å². The van der Waals surface area contributed by atoms with Crippen LogP contribution in [0.1, 0.15) is 175 Å². The standard InChI is InChI=1S/C20H26O2.C18H19Cl2FO2.C18H20Cl2O2.C18H19ClF2O2.C18H21ClO2.C18H23NO3/c1-15-7-6-8-16(2)19(15)22-14-13-21-18-11-9-17(10-12-18)20(3,4)5;1-18(2,3)12-4-6-13(7-5-12)22-10-11-23-17-14(19)8-9-15(21)16(17)20;1-18(2,3)13-7-9-14(10-8-13)21-11-12-22-17-15(19)5-4-6-16(17)20;1-18(2,3)12-4-6-13(7-5-12)22-10-11-23-17-15(21)9-8-14(20)16(17)19;1-18(2,3)14-8-10-15(11-9-14)20-12-13-21-17-7-5-4-6-16(17)19;1-18(2,3)17-11-14(6-7-19-17)22-12-13-8-15(20-4)10-16(9-13)21-5/h6-12H,13-14H2,1-5H3;4-9H,10-11H2,1-3H3;4-10H,11-12H2,1-3H3;4-9H,10-11H2,1-3H3;4-11H,12-13H2,1-3H3;6-11H,12H2,1-5H3. The number of halogens is 9. The summed E-state index contributed by atoms with van der Waals surface area (Å²) in [7, 11) is 3.27. The molecule has 0 aliphatic carbocycles. The molecule has 0 radical (unpaired) electrons. The van der Waals surface area contributed by atoms with E-state index in [9.17, 15) is 13.2 Å². The summed E-state index contributed by atoms with van der Waals surface area (Å²) in [5.74, 6) is 6.32. The van der Waals surface area contributed by atoms with Crippen molar-refractivity contribution in [3.05, 3.63) is 341 Å². The zero-order chi connectivity index (χ0) is 97.9. The van der Waals surface area contributed by atoms with Crippen LogP contribution < -0.4 is 61.6 Å². The minimum Gasteiger partial charge on any atom is -0.497 e. The topological polar surface area (TPSA) is 133 Å². The number of rotatable bonds is 30. The first-order valence-corrected chi connectivity index (χ1v) is 46.1. The van der Waals surface area contributed by atoms with Gasteiger partial charge in [0.15, 0.2) is 23.1 Å². The van der Waals surface area contributed by atoms with Crippen LogP contribution in [0, 0.1) is 31.3 Å². The molecule has 0 aliphatic heterocycles. The van der Waals surface area contributed by atoms with E-state index in [2.05, 4.69) is 192 Å². The molecule has 1 aromatic heterocycles. The van der Waals surface area contributed by atoms with E-state index in [0.717, 1.165) is 80.5 Å². The fourth-order valence-corrected chi connectivity index (χ4v) is 13.7. The molecule has 0 amide bonds. The minimum absolute atomic E-state index is 0.00143. The van der Waals surface area contributed by atoms with Crippen molar-refractivity contribution in [3.63, 3.8) is 0 Å². The molecule has 23 heteroatoms. The molecule has 12 rings (SSSR count). The Morgan fingerprint density at radius 1 is 0.256 bits per heavy atom. The van der Waals surface area contributed by atoms with E-state index in [1.54, 1.807) is 38.6 Å². The summed E-state index contributed by atoms with van der Waals surface area (Å²) in [6, 6.07) is 73.3. The molecule has 0 unspecified atom stereocenters. The molecule has 0 atom stereocenters. The third-order valence-electron chi connectivity index (χ3n) is 20.1. The molecule has 0 fully saturated rings. The number of hydrogen-bond acceptors (Lipinski definition) is 14. The number of nitrogens with zero attached hydrogens (tertiary/aromatic N) is 1. The average molecular weight is 1940 g/mol. The van der Waals surface area contributed by atoms with Gasteiger partial charge in [-0.05, 0) is 213 Å². The lowest BCUT2D eigenvalue weighted by Crippen LogP contribution is -2.13. The van der Waals surface area contributed by atoms with Crippen molar-refractivity contribution in [3.8, 4) is 74.7 Å². The van der Waals surface area contributed by atoms with Crippen LogP contribution in [0.2, 0.25) is 30.1 Å². The van der Waals surface area contributed by atoms with E-state index in [1.807, 2.05) is 146 Å². The molecule has 0 saturated heterocycles. The van der Waals surface area contributed by atoms with Gasteiger partial charge < -0.3 is 61.6 Å². The first-order valence-electron chi connectivity index (χ1n) is 43.9. The zero-order valence-electron chi connectivity index (χ0n) is 80.5. The second kappa shape index (κ2) is 52.4. The summed E-state index contributed by atoms with van der Waals surface area (Å²) < 4.78 is 112. The molecule has 714 valence electrons. The number of methoxy groups -OCH3 is 2. The fraction of sp³-hybridized carbons (Fsp3) is 0.355. The van der Waals surface area contributed by atoms with Crippen LogP contribution in [-0.4, -0.2) is 85.3 Å². The normalized spacial score (nSPS) is 11.3. The van der Waals surface area contributed by atoms with Gasteiger partial charge in [0.25, 0.3) is 0 Å². The lowest BCUT2D eigenvalue weighted by molar-refractivity contribution is 0.211. The van der Waals surface area contributed by atoms with Crippen molar-refractivity contribution >= 4 is 69.6 Å². The van der Waals surface area contributed by atoms with Crippen LogP contribution in [0.3, 0.4) is 0 Å². The lowest BCUT2D eigenvalue weighted by atomic mass is 9.87. The van der Waals surface area contributed by atoms with Crippen LogP contribution in [0.25, 0.3) is 0 Å². The third-order valence-corrected chi connectivity index (χ3v) is 22.0. The second-order valence-corrected chi connectivity index (χ2v) is 39.4. The number of pyridine rings is 1. The Morgan fingerprint density at radius 2 is 0.564 bits per heavy atom. The predicted octanol–water partition coefficient (Wildman–Crippen LogP) is 31.1. The van der Waals surface area contributed by atoms with Gasteiger partial charge in [-0.3, -0.25) is 4.98 Å². The van der Waals surface area contributed by atoms with Gasteiger partial charge in [0.05, 0.1) is 34.3 Å². The molecule has 11 aromatic carbocycles. The average Bonchev–Trinajstić information content (AvgIpc) is 0.850. The molecule has 0 spiro atoms. The first kappa shape index (κ1) is 110. The van der Waals surface area contributed by atoms with Crippen molar-refractivity contribution in [2.45, 2.75) is 178 Å². The SMILES string of the molecule is CC(C)(C)c1ccc(OCCOc2c(Cl)ccc(F)c2Cl)cc1.CC(C)(C)c1ccc(OCCOc2c(Cl)cccc2Cl)cc1.CC(C)(C)c1ccc(OCCOc2c(F)ccc(F)c2Cl)cc1.CC(C)(C)c1ccc(OCCOc2ccccc2Cl)cc1.COc1cc(COc2ccnc(C(C)(C)C)c2)cc(OC)c1.Cc1cccc(C)c1OCCOc1ccc(C(C)(C)C)cc1. The number of benzene rings is 11. The largest absolute Gasteiger partial charge is 0.497 e. The molecule has 0 saturated carbocycles. The van der Waals surface area contributed by atoms with E-state index in [0.29, 0.717) is 85.2 Å². The monoisotopic (exact) mass is 1940 g/mol. The Labute approximate surface area is 816 Å². The van der Waals surface area contributed by atoms with Crippen molar-refractivity contribution in [1.29, 1.82) is 0 Å². The van der Waals surface area contributed by atoms with E-state index < -0.39 is 17.5 Å². The Bertz CT molecular complexity index is 5240. The highest BCUT2D eigenvalue weighted by molar-refractivity contribution is 6.38. The van der Waals surface area contributed by atoms with Gasteiger partial charge in [0, 0.05) is 29.4 Å². The maximum absolute atomic E-state index is 13.5. The van der Waals surface area contributed by atoms with Gasteiger partial charge in [-0.25, -0.2) is 13.2 Å². The first-order chi connectivity index (χ1) is 62.7. The summed E-state index contributed by atoms with van der Waals surface area (Å²) >= 11 is 35.5. The van der Waals surface area contributed by atoms with E-state index in [-0.39, 0.29) is 78.9 Å². The lowest BCUT2D eigenvalue weighted by Gasteiger charge is -2.19. The summed E-state index contributed by atoms with van der Waals surface area (Å²) in [5, 5.41) is 1.41. The Morgan fingerprint density at radius 3 is 0.932 bits per heavy atom. The van der Waals surface area contributed by atoms with Gasteiger partial charge >= 0.3 is 0 Å². The summed E-state index contributed by atoms with van der Waals surface area (Å²) in [4.78, 5) is 4.40. The van der Waals surface area contributed by atoms with Crippen molar-refractivity contribution in [2.24, 2.45) is 0 Å². The number of aryl methyl sites for hydroxylation is 2. The summed E-state index contributed by atoms with van der Waals surface area (Å²) in [6.07, 6.45) is 1.78. The van der Waals surface area contributed by atoms with Crippen molar-refractivity contribution in [1.82, 2.24) is 4.98 Å². The van der Waals surface area contributed by atoms with Crippen LogP contribution in [0.4, 0.5) is 13.2 Å². The van der Waals surface area contributed by atoms with Crippen LogP contribution in [0.5, 0.6) is 74.7 Å². The summed E-state index contributed by atoms with van der Waals surface area (Å²) in [6.45, 7) is 47.2. The van der Waals surface area contributed by atoms with E-state index in [1.165, 1.54) is 39.9 Å². The molecular weight excluding hydrogens is 1810 g/mol. The highest BCUT2D eigenvalue weighted by Gasteiger charge is 2.22. The number of aromatic nitrogens is 1. The van der Waals surface area contributed by atoms with Crippen LogP contribution in [-0.2, 0) is 39.1 Å². The molecule has 0 bridgehead atoms. The summed E-state index contributed by atoms with van der Waals surface area (Å²) in [5.41, 5.74) is 11.3. The van der Waals surface area contributed by atoms with Crippen LogP contribution >= 0.6 is 69.6 Å². The zero-order valence-corrected chi connectivity index (χ0v) is 85.1. The Balaban J connectivity index is 0.000000218. The van der Waals surface area contributed by atoms with Gasteiger partial charge in [-0.15, -0.1) is 0 Å². The van der Waals surface area contributed by atoms with Crippen LogP contribution in [0.15, 0.2) is 243 Å². The smallest absolute Gasteiger partial charge is 0.176 e. The van der Waals surface area contributed by atoms with Gasteiger partial charge in [0.1, 0.15) is 152 Å². The quantitative estimate of drug-likeness (QED) is 0.0312. The van der Waals surface area contributed by atoms with Crippen molar-refractivity contribution < 1.29 is 74.8 Å². The number of hydrogen-bond donors (Lipinski definition) is 0. The molecule has 0 N–H and O–H groups in total. The Hall–Kier alpha value is -10.5. The molecule has 12 aromatic rings. The number of ether oxygens (including phenoxy) is 13. The maximum atomic E-state index is 13.5. The van der Waals surface area contributed by atoms with E-state index >= 15 is 0 Å². The maximum Gasteiger partial charge on any atom is 0.176 e. The van der Waals surface area contributed by atoms with Gasteiger partial charge in [-0.1, -0.05) is 291 Å². The Kier molecular flexibility index (Phi) is 43.1. The molecule has 1 heterocycles. The number of para-hydroxylation sites is 3. The van der Waals surface area contributed by atoms with Crippen molar-refractivity contribution in [2.75, 3.05) is 80.3 Å². The molecule has 133 heavy (non-hydrogen) atoms. The third kappa shape index (κ3) is 37.7.